The molecule has 1 aromatic carbocycles. The summed E-state index contributed by atoms with van der Waals surface area (Å²) in [5, 5.41) is 0. The topological polar surface area (TPSA) is 51.9 Å². The van der Waals surface area contributed by atoms with Crippen LogP contribution in [0, 0.1) is 5.92 Å². The van der Waals surface area contributed by atoms with Gasteiger partial charge in [-0.05, 0) is 61.9 Å². The first kappa shape index (κ1) is 19.4. The van der Waals surface area contributed by atoms with Crippen LogP contribution < -0.4 is 9.47 Å². The first-order chi connectivity index (χ1) is 14.7. The first-order valence-electron chi connectivity index (χ1n) is 10.9. The molecule has 1 fully saturated rings. The molecule has 0 N–H and O–H groups in total. The molecule has 3 aliphatic rings. The Hall–Kier alpha value is -2.53. The molecule has 2 bridgehead atoms. The zero-order valence-electron chi connectivity index (χ0n) is 17.7. The molecule has 5 heteroatoms. The van der Waals surface area contributed by atoms with Gasteiger partial charge in [0.05, 0.1) is 19.6 Å². The highest BCUT2D eigenvalue weighted by Crippen LogP contribution is 2.62. The summed E-state index contributed by atoms with van der Waals surface area (Å²) < 4.78 is 17.7. The number of fused-ring (bicyclic) bond motifs is 1. The molecule has 5 rings (SSSR count). The average molecular weight is 408 g/mol. The van der Waals surface area contributed by atoms with Crippen LogP contribution in [-0.2, 0) is 16.6 Å². The number of hydrogen-bond acceptors (Lipinski definition) is 5. The van der Waals surface area contributed by atoms with Crippen LogP contribution in [0.25, 0.3) is 11.1 Å². The molecule has 1 aliphatic carbocycles. The number of methoxy groups -OCH3 is 1. The van der Waals surface area contributed by atoms with Crippen molar-refractivity contribution >= 4 is 6.29 Å². The summed E-state index contributed by atoms with van der Waals surface area (Å²) in [5.41, 5.74) is 4.80. The lowest BCUT2D eigenvalue weighted by atomic mass is 9.54. The second kappa shape index (κ2) is 7.31. The number of furan rings is 1. The highest BCUT2D eigenvalue weighted by Gasteiger charge is 2.61. The Labute approximate surface area is 177 Å². The molecule has 1 spiro atoms. The lowest BCUT2D eigenvalue weighted by molar-refractivity contribution is -0.108. The van der Waals surface area contributed by atoms with Crippen molar-refractivity contribution in [1.82, 2.24) is 4.90 Å². The molecule has 2 aliphatic heterocycles. The summed E-state index contributed by atoms with van der Waals surface area (Å²) in [4.78, 5) is 13.9. The molecular formula is C25H29NO4. The average Bonchev–Trinajstić information content (AvgIpc) is 3.37. The molecule has 2 unspecified atom stereocenters. The van der Waals surface area contributed by atoms with Crippen LogP contribution in [0.2, 0.25) is 0 Å². The van der Waals surface area contributed by atoms with Gasteiger partial charge in [0.1, 0.15) is 12.4 Å². The maximum atomic E-state index is 11.3. The summed E-state index contributed by atoms with van der Waals surface area (Å²) in [7, 11) is 1.71. The Kier molecular flexibility index (Phi) is 4.73. The molecular weight excluding hydrogens is 378 g/mol. The van der Waals surface area contributed by atoms with Crippen molar-refractivity contribution in [3.05, 3.63) is 48.4 Å². The molecule has 0 radical (unpaired) electrons. The van der Waals surface area contributed by atoms with Gasteiger partial charge in [-0.2, -0.15) is 0 Å². The number of benzene rings is 1. The minimum atomic E-state index is -0.0959. The number of piperidine rings is 1. The van der Waals surface area contributed by atoms with Crippen molar-refractivity contribution in [3.63, 3.8) is 0 Å². The van der Waals surface area contributed by atoms with E-state index in [4.69, 9.17) is 13.9 Å². The number of hydrogen-bond donors (Lipinski definition) is 0. The quantitative estimate of drug-likeness (QED) is 0.503. The van der Waals surface area contributed by atoms with Gasteiger partial charge in [-0.25, -0.2) is 0 Å². The third-order valence-corrected chi connectivity index (χ3v) is 7.67. The van der Waals surface area contributed by atoms with Gasteiger partial charge in [-0.3, -0.25) is 4.90 Å². The Morgan fingerprint density at radius 3 is 3.00 bits per heavy atom. The number of carbonyl (C=O) groups excluding carboxylic acids is 1. The van der Waals surface area contributed by atoms with Crippen LogP contribution in [-0.4, -0.2) is 43.5 Å². The van der Waals surface area contributed by atoms with Gasteiger partial charge in [0.25, 0.3) is 0 Å². The third-order valence-electron chi connectivity index (χ3n) is 7.67. The molecule has 158 valence electrons. The predicted octanol–water partition coefficient (Wildman–Crippen LogP) is 4.39. The minimum absolute atomic E-state index is 0.0464. The summed E-state index contributed by atoms with van der Waals surface area (Å²) in [6.45, 7) is 8.06. The SMILES string of the molecule is C=CCN1CC[C@@]23c4c(c(-c5ccoc5)cc(OC)c4O[C@@H]2C)CC1C3CCC=O. The number of rotatable bonds is 7. The Bertz CT molecular complexity index is 966. The maximum absolute atomic E-state index is 11.3. The zero-order chi connectivity index (χ0) is 20.9. The largest absolute Gasteiger partial charge is 0.493 e. The maximum Gasteiger partial charge on any atom is 0.165 e. The van der Waals surface area contributed by atoms with E-state index in [0.717, 1.165) is 55.7 Å². The number of nitrogens with zero attached hydrogens (tertiary/aromatic N) is 1. The van der Waals surface area contributed by atoms with E-state index in [-0.39, 0.29) is 11.5 Å². The fourth-order valence-corrected chi connectivity index (χ4v) is 6.48. The predicted molar refractivity (Wildman–Crippen MR) is 115 cm³/mol. The van der Waals surface area contributed by atoms with Gasteiger partial charge in [0, 0.05) is 35.5 Å². The van der Waals surface area contributed by atoms with Crippen LogP contribution in [0.5, 0.6) is 11.5 Å². The van der Waals surface area contributed by atoms with Crippen LogP contribution in [0.15, 0.2) is 41.7 Å². The summed E-state index contributed by atoms with van der Waals surface area (Å²) in [6, 6.07) is 4.48. The summed E-state index contributed by atoms with van der Waals surface area (Å²) >= 11 is 0. The highest BCUT2D eigenvalue weighted by atomic mass is 16.5. The normalized spacial score (nSPS) is 29.2. The van der Waals surface area contributed by atoms with E-state index < -0.39 is 0 Å². The Morgan fingerprint density at radius 1 is 1.43 bits per heavy atom. The van der Waals surface area contributed by atoms with Crippen LogP contribution >= 0.6 is 0 Å². The van der Waals surface area contributed by atoms with Gasteiger partial charge in [0.2, 0.25) is 0 Å². The fraction of sp³-hybridized carbons (Fsp3) is 0.480. The molecule has 2 aromatic rings. The van der Waals surface area contributed by atoms with Gasteiger partial charge >= 0.3 is 0 Å². The molecule has 0 saturated carbocycles. The van der Waals surface area contributed by atoms with E-state index in [1.807, 2.05) is 12.1 Å². The fourth-order valence-electron chi connectivity index (χ4n) is 6.48. The second-order valence-corrected chi connectivity index (χ2v) is 8.78. The minimum Gasteiger partial charge on any atom is -0.493 e. The molecule has 5 nitrogen and oxygen atoms in total. The molecule has 3 heterocycles. The number of ether oxygens (including phenoxy) is 2. The monoisotopic (exact) mass is 407 g/mol. The number of likely N-dealkylation sites (tertiary alicyclic amines) is 1. The van der Waals surface area contributed by atoms with E-state index in [9.17, 15) is 4.79 Å². The molecule has 30 heavy (non-hydrogen) atoms. The van der Waals surface area contributed by atoms with Crippen molar-refractivity contribution in [2.75, 3.05) is 20.2 Å². The van der Waals surface area contributed by atoms with E-state index in [1.54, 1.807) is 19.6 Å². The Morgan fingerprint density at radius 2 is 2.30 bits per heavy atom. The second-order valence-electron chi connectivity index (χ2n) is 8.78. The van der Waals surface area contributed by atoms with Crippen molar-refractivity contribution in [2.24, 2.45) is 5.92 Å². The van der Waals surface area contributed by atoms with E-state index in [2.05, 4.69) is 24.5 Å². The third kappa shape index (κ3) is 2.54. The smallest absolute Gasteiger partial charge is 0.165 e. The summed E-state index contributed by atoms with van der Waals surface area (Å²) in [6.07, 6.45) is 10.0. The first-order valence-corrected chi connectivity index (χ1v) is 10.9. The van der Waals surface area contributed by atoms with E-state index in [0.29, 0.717) is 18.4 Å². The van der Waals surface area contributed by atoms with Gasteiger partial charge in [-0.1, -0.05) is 6.08 Å². The lowest BCUT2D eigenvalue weighted by Gasteiger charge is -2.56. The molecule has 1 saturated heterocycles. The summed E-state index contributed by atoms with van der Waals surface area (Å²) in [5.74, 6) is 2.05. The van der Waals surface area contributed by atoms with Gasteiger partial charge in [-0.15, -0.1) is 6.58 Å². The lowest BCUT2D eigenvalue weighted by Crippen LogP contribution is -2.62. The number of aldehydes is 1. The van der Waals surface area contributed by atoms with Crippen LogP contribution in [0.1, 0.15) is 37.3 Å². The van der Waals surface area contributed by atoms with E-state index in [1.165, 1.54) is 16.7 Å². The van der Waals surface area contributed by atoms with Crippen molar-refractivity contribution in [1.29, 1.82) is 0 Å². The zero-order valence-corrected chi connectivity index (χ0v) is 17.7. The highest BCUT2D eigenvalue weighted by molar-refractivity contribution is 5.76. The van der Waals surface area contributed by atoms with E-state index >= 15 is 0 Å². The van der Waals surface area contributed by atoms with Crippen molar-refractivity contribution in [3.8, 4) is 22.6 Å². The number of carbonyl (C=O) groups is 1. The molecule has 4 atom stereocenters. The Balaban J connectivity index is 1.76. The van der Waals surface area contributed by atoms with Crippen LogP contribution in [0.4, 0.5) is 0 Å². The van der Waals surface area contributed by atoms with Crippen molar-refractivity contribution in [2.45, 2.75) is 50.2 Å². The van der Waals surface area contributed by atoms with Crippen molar-refractivity contribution < 1.29 is 18.7 Å². The van der Waals surface area contributed by atoms with Crippen LogP contribution in [0.3, 0.4) is 0 Å². The van der Waals surface area contributed by atoms with Gasteiger partial charge < -0.3 is 18.7 Å². The molecule has 1 aromatic heterocycles. The molecule has 0 amide bonds. The standard InChI is InChI=1S/C25H29NO4/c1-4-9-26-10-8-25-16(2)30-24-22(28-3)14-18(17-7-12-29-15-17)19(23(24)25)13-21(26)20(25)6-5-11-27/h4,7,11-12,14-16,20-21H,1,5-6,8-10,13H2,2-3H3/t16-,20?,21?,25-/m1/s1. The van der Waals surface area contributed by atoms with Gasteiger partial charge in [0.15, 0.2) is 11.5 Å².